The van der Waals surface area contributed by atoms with Crippen LogP contribution in [0.15, 0.2) is 24.3 Å². The van der Waals surface area contributed by atoms with Crippen LogP contribution in [0.3, 0.4) is 0 Å². The Bertz CT molecular complexity index is 566. The zero-order valence-corrected chi connectivity index (χ0v) is 13.2. The van der Waals surface area contributed by atoms with Crippen molar-refractivity contribution in [2.75, 3.05) is 12.9 Å². The van der Waals surface area contributed by atoms with Crippen LogP contribution >= 0.6 is 22.6 Å². The third kappa shape index (κ3) is 4.15. The first kappa shape index (κ1) is 14.7. The van der Waals surface area contributed by atoms with Gasteiger partial charge in [0, 0.05) is 9.99 Å². The van der Waals surface area contributed by atoms with Gasteiger partial charge in [-0.15, -0.1) is 0 Å². The van der Waals surface area contributed by atoms with E-state index >= 15 is 0 Å². The lowest BCUT2D eigenvalue weighted by Gasteiger charge is -2.07. The zero-order chi connectivity index (χ0) is 14.0. The fraction of sp³-hybridized carbons (Fsp3) is 0.417. The lowest BCUT2D eigenvalue weighted by atomic mass is 9.96. The van der Waals surface area contributed by atoms with Gasteiger partial charge in [-0.1, -0.05) is 12.1 Å². The number of rotatable bonds is 4. The molecule has 0 aromatic heterocycles. The number of hydrogen-bond donors (Lipinski definition) is 0. The monoisotopic (exact) mass is 396 g/mol. The molecular weight excluding hydrogens is 383 g/mol. The summed E-state index contributed by atoms with van der Waals surface area (Å²) in [6, 6.07) is 7.61. The van der Waals surface area contributed by atoms with Crippen LogP contribution in [0.4, 0.5) is 0 Å². The summed E-state index contributed by atoms with van der Waals surface area (Å²) in [7, 11) is -3.51. The van der Waals surface area contributed by atoms with Gasteiger partial charge >= 0.3 is 5.97 Å². The van der Waals surface area contributed by atoms with Gasteiger partial charge in [0.25, 0.3) is 10.1 Å². The van der Waals surface area contributed by atoms with E-state index in [0.717, 1.165) is 15.4 Å². The van der Waals surface area contributed by atoms with Crippen molar-refractivity contribution in [3.05, 3.63) is 33.4 Å². The molecule has 19 heavy (non-hydrogen) atoms. The van der Waals surface area contributed by atoms with Gasteiger partial charge in [-0.05, 0) is 40.3 Å². The summed E-state index contributed by atoms with van der Waals surface area (Å²) in [6.45, 7) is -0.120. The molecule has 2 atom stereocenters. The largest absolute Gasteiger partial charge is 0.459 e. The van der Waals surface area contributed by atoms with E-state index in [4.69, 9.17) is 4.74 Å². The fourth-order valence-electron chi connectivity index (χ4n) is 1.92. The van der Waals surface area contributed by atoms with Gasteiger partial charge in [-0.2, -0.15) is 8.42 Å². The number of hydrogen-bond acceptors (Lipinski definition) is 5. The first-order valence-corrected chi connectivity index (χ1v) is 8.55. The average Bonchev–Trinajstić information content (AvgIpc) is 2.68. The third-order valence-electron chi connectivity index (χ3n) is 2.81. The van der Waals surface area contributed by atoms with Crippen molar-refractivity contribution in [2.24, 2.45) is 0 Å². The lowest BCUT2D eigenvalue weighted by Crippen LogP contribution is -2.17. The minimum absolute atomic E-state index is 0.120. The number of carbonyl (C=O) groups is 1. The Morgan fingerprint density at radius 1 is 1.37 bits per heavy atom. The molecule has 0 aliphatic carbocycles. The maximum atomic E-state index is 11.8. The quantitative estimate of drug-likeness (QED) is 0.440. The van der Waals surface area contributed by atoms with Crippen LogP contribution in [-0.4, -0.2) is 33.4 Å². The Balaban J connectivity index is 2.01. The second-order valence-corrected chi connectivity index (χ2v) is 7.28. The minimum atomic E-state index is -3.51. The van der Waals surface area contributed by atoms with E-state index in [2.05, 4.69) is 26.8 Å². The molecular formula is C12H13IO5S. The van der Waals surface area contributed by atoms with Gasteiger partial charge in [-0.3, -0.25) is 8.98 Å². The van der Waals surface area contributed by atoms with Gasteiger partial charge in [0.2, 0.25) is 0 Å². The lowest BCUT2D eigenvalue weighted by molar-refractivity contribution is -0.143. The van der Waals surface area contributed by atoms with E-state index in [1.165, 1.54) is 0 Å². The fourth-order valence-corrected chi connectivity index (χ4v) is 2.68. The van der Waals surface area contributed by atoms with Gasteiger partial charge in [0.15, 0.2) is 0 Å². The number of ether oxygens (including phenoxy) is 1. The number of esters is 1. The van der Waals surface area contributed by atoms with Gasteiger partial charge in [-0.25, -0.2) is 0 Å². The normalized spacial score (nSPS) is 23.4. The molecule has 1 aromatic carbocycles. The first-order chi connectivity index (χ1) is 8.85. The summed E-state index contributed by atoms with van der Waals surface area (Å²) in [6.07, 6.45) is 0.904. The Kier molecular flexibility index (Phi) is 4.46. The zero-order valence-electron chi connectivity index (χ0n) is 10.2. The van der Waals surface area contributed by atoms with Crippen molar-refractivity contribution in [2.45, 2.75) is 18.4 Å². The molecule has 1 heterocycles. The Morgan fingerprint density at radius 3 is 2.58 bits per heavy atom. The number of cyclic esters (lactones) is 1. The smallest absolute Gasteiger partial charge is 0.313 e. The molecule has 0 amide bonds. The van der Waals surface area contributed by atoms with Gasteiger partial charge in [0.05, 0.1) is 12.2 Å². The Morgan fingerprint density at radius 2 is 2.00 bits per heavy atom. The van der Waals surface area contributed by atoms with Crippen LogP contribution in [0, 0.1) is 3.57 Å². The highest BCUT2D eigenvalue weighted by Gasteiger charge is 2.36. The molecule has 0 saturated carbocycles. The van der Waals surface area contributed by atoms with E-state index in [-0.39, 0.29) is 18.5 Å². The molecule has 0 radical (unpaired) electrons. The second kappa shape index (κ2) is 5.76. The summed E-state index contributed by atoms with van der Waals surface area (Å²) < 4.78 is 32.7. The summed E-state index contributed by atoms with van der Waals surface area (Å²) in [4.78, 5) is 11.8. The predicted octanol–water partition coefficient (Wildman–Crippen LogP) is 1.67. The molecule has 1 aliphatic heterocycles. The van der Waals surface area contributed by atoms with Crippen LogP contribution in [-0.2, 0) is 23.8 Å². The maximum absolute atomic E-state index is 11.8. The molecule has 0 N–H and O–H groups in total. The van der Waals surface area contributed by atoms with Crippen molar-refractivity contribution < 1.29 is 22.1 Å². The van der Waals surface area contributed by atoms with E-state index in [1.807, 2.05) is 24.3 Å². The van der Waals surface area contributed by atoms with Gasteiger partial charge < -0.3 is 4.74 Å². The highest BCUT2D eigenvalue weighted by molar-refractivity contribution is 14.1. The van der Waals surface area contributed by atoms with Crippen molar-refractivity contribution in [3.63, 3.8) is 0 Å². The molecule has 2 rings (SSSR count). The van der Waals surface area contributed by atoms with Crippen LogP contribution in [0.25, 0.3) is 0 Å². The molecule has 104 valence electrons. The molecule has 0 spiro atoms. The number of carbonyl (C=O) groups excluding carboxylic acids is 1. The Hall–Kier alpha value is -0.670. The van der Waals surface area contributed by atoms with Gasteiger partial charge in [0.1, 0.15) is 12.7 Å². The highest BCUT2D eigenvalue weighted by Crippen LogP contribution is 2.31. The summed E-state index contributed by atoms with van der Waals surface area (Å²) in [5.41, 5.74) is 0.882. The standard InChI is InChI=1S/C12H13IO5S/c1-19(15,16)17-7-10-6-11(12(14)18-10)8-2-4-9(13)5-3-8/h2-5,10-11H,6-7H2,1H3. The number of benzene rings is 1. The molecule has 5 nitrogen and oxygen atoms in total. The summed E-state index contributed by atoms with van der Waals surface area (Å²) >= 11 is 2.19. The number of halogens is 1. The third-order valence-corrected chi connectivity index (χ3v) is 4.09. The SMILES string of the molecule is CS(=O)(=O)OCC1CC(c2ccc(I)cc2)C(=O)O1. The first-order valence-electron chi connectivity index (χ1n) is 5.65. The maximum Gasteiger partial charge on any atom is 0.313 e. The van der Waals surface area contributed by atoms with Crippen LogP contribution < -0.4 is 0 Å². The highest BCUT2D eigenvalue weighted by atomic mass is 127. The van der Waals surface area contributed by atoms with E-state index in [1.54, 1.807) is 0 Å². The van der Waals surface area contributed by atoms with Crippen molar-refractivity contribution in [3.8, 4) is 0 Å². The van der Waals surface area contributed by atoms with Crippen molar-refractivity contribution >= 4 is 38.7 Å². The topological polar surface area (TPSA) is 69.7 Å². The molecule has 7 heteroatoms. The molecule has 1 saturated heterocycles. The Labute approximate surface area is 125 Å². The summed E-state index contributed by atoms with van der Waals surface area (Å²) in [5.74, 6) is -0.673. The van der Waals surface area contributed by atoms with Crippen molar-refractivity contribution in [1.29, 1.82) is 0 Å². The second-order valence-electron chi connectivity index (χ2n) is 4.39. The van der Waals surface area contributed by atoms with Crippen LogP contribution in [0.2, 0.25) is 0 Å². The predicted molar refractivity (Wildman–Crippen MR) is 77.2 cm³/mol. The molecule has 0 bridgehead atoms. The van der Waals surface area contributed by atoms with E-state index in [0.29, 0.717) is 6.42 Å². The van der Waals surface area contributed by atoms with Crippen LogP contribution in [0.1, 0.15) is 17.9 Å². The minimum Gasteiger partial charge on any atom is -0.459 e. The van der Waals surface area contributed by atoms with E-state index < -0.39 is 16.2 Å². The average molecular weight is 396 g/mol. The van der Waals surface area contributed by atoms with Crippen LogP contribution in [0.5, 0.6) is 0 Å². The molecule has 1 aliphatic rings. The van der Waals surface area contributed by atoms with Crippen molar-refractivity contribution in [1.82, 2.24) is 0 Å². The molecule has 1 aromatic rings. The van der Waals surface area contributed by atoms with E-state index in [9.17, 15) is 13.2 Å². The molecule has 1 fully saturated rings. The molecule has 2 unspecified atom stereocenters. The summed E-state index contributed by atoms with van der Waals surface area (Å²) in [5, 5.41) is 0.